The molecule has 1 amide bonds. The van der Waals surface area contributed by atoms with E-state index in [1.807, 2.05) is 18.2 Å². The highest BCUT2D eigenvalue weighted by Gasteiger charge is 2.17. The van der Waals surface area contributed by atoms with Crippen molar-refractivity contribution in [3.8, 4) is 0 Å². The Balaban J connectivity index is 1.44. The van der Waals surface area contributed by atoms with Gasteiger partial charge in [0, 0.05) is 31.4 Å². The molecule has 4 rings (SSSR count). The van der Waals surface area contributed by atoms with Crippen molar-refractivity contribution in [2.75, 3.05) is 28.6 Å². The van der Waals surface area contributed by atoms with Crippen LogP contribution in [0.2, 0.25) is 0 Å². The number of anilines is 3. The zero-order chi connectivity index (χ0) is 15.6. The first-order chi connectivity index (χ1) is 11.3. The van der Waals surface area contributed by atoms with Crippen LogP contribution < -0.4 is 15.5 Å². The van der Waals surface area contributed by atoms with Gasteiger partial charge in [0.15, 0.2) is 0 Å². The highest BCUT2D eigenvalue weighted by Crippen LogP contribution is 2.24. The summed E-state index contributed by atoms with van der Waals surface area (Å²) in [7, 11) is 0. The first kappa shape index (κ1) is 14.0. The standard InChI is InChI=1S/C17H19N5O/c23-17-8-13-7-12(3-4-14(13)21-17)10-18-15-9-16(20-11-19-15)22-5-1-2-6-22/h3-4,7,9,11H,1-2,5-6,8,10H2,(H,21,23)(H,18,19,20). The van der Waals surface area contributed by atoms with Crippen molar-refractivity contribution in [2.24, 2.45) is 0 Å². The molecule has 6 nitrogen and oxygen atoms in total. The maximum atomic E-state index is 11.4. The minimum Gasteiger partial charge on any atom is -0.366 e. The molecule has 0 atom stereocenters. The van der Waals surface area contributed by atoms with Crippen molar-refractivity contribution in [1.29, 1.82) is 0 Å². The molecule has 0 aliphatic carbocycles. The molecule has 2 aliphatic rings. The lowest BCUT2D eigenvalue weighted by Crippen LogP contribution is -2.19. The van der Waals surface area contributed by atoms with Crippen LogP contribution in [-0.4, -0.2) is 29.0 Å². The fraction of sp³-hybridized carbons (Fsp3) is 0.353. The van der Waals surface area contributed by atoms with E-state index in [0.717, 1.165) is 41.5 Å². The van der Waals surface area contributed by atoms with E-state index in [1.54, 1.807) is 6.33 Å². The van der Waals surface area contributed by atoms with Gasteiger partial charge < -0.3 is 15.5 Å². The Morgan fingerprint density at radius 3 is 2.91 bits per heavy atom. The topological polar surface area (TPSA) is 70.2 Å². The van der Waals surface area contributed by atoms with Crippen molar-refractivity contribution in [3.63, 3.8) is 0 Å². The lowest BCUT2D eigenvalue weighted by molar-refractivity contribution is -0.115. The second-order valence-corrected chi connectivity index (χ2v) is 6.03. The fourth-order valence-corrected chi connectivity index (χ4v) is 3.15. The molecular formula is C17H19N5O. The van der Waals surface area contributed by atoms with Crippen LogP contribution in [0.15, 0.2) is 30.6 Å². The number of fused-ring (bicyclic) bond motifs is 1. The van der Waals surface area contributed by atoms with Crippen LogP contribution in [0.25, 0.3) is 0 Å². The van der Waals surface area contributed by atoms with Crippen molar-refractivity contribution < 1.29 is 4.79 Å². The van der Waals surface area contributed by atoms with Crippen molar-refractivity contribution >= 4 is 23.2 Å². The Hall–Kier alpha value is -2.63. The predicted octanol–water partition coefficient (Wildman–Crippen LogP) is 2.18. The van der Waals surface area contributed by atoms with E-state index in [4.69, 9.17) is 0 Å². The molecule has 1 aromatic carbocycles. The van der Waals surface area contributed by atoms with E-state index >= 15 is 0 Å². The number of benzene rings is 1. The maximum Gasteiger partial charge on any atom is 0.228 e. The van der Waals surface area contributed by atoms with Crippen LogP contribution >= 0.6 is 0 Å². The maximum absolute atomic E-state index is 11.4. The third-order valence-electron chi connectivity index (χ3n) is 4.35. The molecule has 0 radical (unpaired) electrons. The Bertz CT molecular complexity index is 740. The lowest BCUT2D eigenvalue weighted by Gasteiger charge is -2.16. The van der Waals surface area contributed by atoms with Crippen molar-refractivity contribution in [2.45, 2.75) is 25.8 Å². The summed E-state index contributed by atoms with van der Waals surface area (Å²) in [5.74, 6) is 1.89. The quantitative estimate of drug-likeness (QED) is 0.906. The van der Waals surface area contributed by atoms with Gasteiger partial charge in [0.2, 0.25) is 5.91 Å². The molecule has 0 unspecified atom stereocenters. The second-order valence-electron chi connectivity index (χ2n) is 6.03. The summed E-state index contributed by atoms with van der Waals surface area (Å²) in [6.45, 7) is 2.82. The van der Waals surface area contributed by atoms with Crippen molar-refractivity contribution in [3.05, 3.63) is 41.7 Å². The number of carbonyl (C=O) groups excluding carboxylic acids is 1. The van der Waals surface area contributed by atoms with Gasteiger partial charge in [-0.05, 0) is 30.0 Å². The molecule has 23 heavy (non-hydrogen) atoms. The van der Waals surface area contributed by atoms with Gasteiger partial charge >= 0.3 is 0 Å². The average Bonchev–Trinajstić information content (AvgIpc) is 3.21. The monoisotopic (exact) mass is 309 g/mol. The highest BCUT2D eigenvalue weighted by atomic mass is 16.1. The summed E-state index contributed by atoms with van der Waals surface area (Å²) < 4.78 is 0. The van der Waals surface area contributed by atoms with Crippen LogP contribution in [0.3, 0.4) is 0 Å². The van der Waals surface area contributed by atoms with Gasteiger partial charge in [0.25, 0.3) is 0 Å². The fourth-order valence-electron chi connectivity index (χ4n) is 3.15. The molecule has 1 fully saturated rings. The molecule has 3 heterocycles. The van der Waals surface area contributed by atoms with Gasteiger partial charge in [0.1, 0.15) is 18.0 Å². The van der Waals surface area contributed by atoms with E-state index in [0.29, 0.717) is 13.0 Å². The summed E-state index contributed by atoms with van der Waals surface area (Å²) in [6, 6.07) is 8.07. The zero-order valence-electron chi connectivity index (χ0n) is 12.9. The SMILES string of the molecule is O=C1Cc2cc(CNc3cc(N4CCCC4)ncn3)ccc2N1. The number of amides is 1. The molecule has 2 aromatic rings. The van der Waals surface area contributed by atoms with Crippen LogP contribution in [0.4, 0.5) is 17.3 Å². The summed E-state index contributed by atoms with van der Waals surface area (Å²) >= 11 is 0. The Labute approximate surface area is 134 Å². The van der Waals surface area contributed by atoms with Crippen molar-refractivity contribution in [1.82, 2.24) is 9.97 Å². The largest absolute Gasteiger partial charge is 0.366 e. The molecule has 118 valence electrons. The number of hydrogen-bond donors (Lipinski definition) is 2. The molecule has 0 saturated carbocycles. The molecule has 0 bridgehead atoms. The third kappa shape index (κ3) is 2.97. The second kappa shape index (κ2) is 5.87. The van der Waals surface area contributed by atoms with Crippen LogP contribution in [0.5, 0.6) is 0 Å². The van der Waals surface area contributed by atoms with Gasteiger partial charge in [-0.3, -0.25) is 4.79 Å². The summed E-state index contributed by atoms with van der Waals surface area (Å²) in [5, 5.41) is 6.20. The molecule has 1 saturated heterocycles. The predicted molar refractivity (Wildman–Crippen MR) is 89.6 cm³/mol. The Morgan fingerprint density at radius 2 is 2.04 bits per heavy atom. The number of aromatic nitrogens is 2. The molecule has 2 aliphatic heterocycles. The summed E-state index contributed by atoms with van der Waals surface area (Å²) in [5.41, 5.74) is 3.13. The number of nitrogens with zero attached hydrogens (tertiary/aromatic N) is 3. The summed E-state index contributed by atoms with van der Waals surface area (Å²) in [4.78, 5) is 22.4. The van der Waals surface area contributed by atoms with Gasteiger partial charge in [-0.1, -0.05) is 12.1 Å². The number of nitrogens with one attached hydrogen (secondary N) is 2. The Morgan fingerprint density at radius 1 is 1.17 bits per heavy atom. The Kier molecular flexibility index (Phi) is 3.57. The van der Waals surface area contributed by atoms with E-state index in [9.17, 15) is 4.79 Å². The molecular weight excluding hydrogens is 290 g/mol. The number of hydrogen-bond acceptors (Lipinski definition) is 5. The smallest absolute Gasteiger partial charge is 0.228 e. The van der Waals surface area contributed by atoms with Gasteiger partial charge in [0.05, 0.1) is 6.42 Å². The molecule has 0 spiro atoms. The molecule has 2 N–H and O–H groups in total. The minimum absolute atomic E-state index is 0.0659. The summed E-state index contributed by atoms with van der Waals surface area (Å²) in [6.07, 6.45) is 4.54. The van der Waals surface area contributed by atoms with Gasteiger partial charge in [-0.2, -0.15) is 0 Å². The minimum atomic E-state index is 0.0659. The van der Waals surface area contributed by atoms with Crippen LogP contribution in [-0.2, 0) is 17.8 Å². The number of carbonyl (C=O) groups is 1. The number of rotatable bonds is 4. The normalized spacial score (nSPS) is 16.3. The zero-order valence-corrected chi connectivity index (χ0v) is 12.9. The van der Waals surface area contributed by atoms with Gasteiger partial charge in [-0.25, -0.2) is 9.97 Å². The van der Waals surface area contributed by atoms with Crippen LogP contribution in [0.1, 0.15) is 24.0 Å². The van der Waals surface area contributed by atoms with E-state index < -0.39 is 0 Å². The first-order valence-electron chi connectivity index (χ1n) is 8.00. The highest BCUT2D eigenvalue weighted by molar-refractivity contribution is 5.99. The third-order valence-corrected chi connectivity index (χ3v) is 4.35. The van der Waals surface area contributed by atoms with E-state index in [1.165, 1.54) is 12.8 Å². The molecule has 1 aromatic heterocycles. The van der Waals surface area contributed by atoms with Crippen LogP contribution in [0, 0.1) is 0 Å². The van der Waals surface area contributed by atoms with E-state index in [2.05, 4.69) is 31.6 Å². The lowest BCUT2D eigenvalue weighted by atomic mass is 10.1. The van der Waals surface area contributed by atoms with E-state index in [-0.39, 0.29) is 5.91 Å². The van der Waals surface area contributed by atoms with Gasteiger partial charge in [-0.15, -0.1) is 0 Å². The first-order valence-corrected chi connectivity index (χ1v) is 8.00. The molecule has 6 heteroatoms. The average molecular weight is 309 g/mol.